The van der Waals surface area contributed by atoms with E-state index in [2.05, 4.69) is 244 Å². The molecule has 0 amide bonds. The average molecular weight is 767 g/mol. The Kier molecular flexibility index (Phi) is 7.82. The van der Waals surface area contributed by atoms with E-state index in [4.69, 9.17) is 0 Å². The van der Waals surface area contributed by atoms with Crippen LogP contribution < -0.4 is 20.7 Å². The fourth-order valence-corrected chi connectivity index (χ4v) is 9.94. The topological polar surface area (TPSA) is 16.3 Å². The van der Waals surface area contributed by atoms with Gasteiger partial charge < -0.3 is 18.8 Å². The van der Waals surface area contributed by atoms with Gasteiger partial charge >= 0.3 is 6.85 Å². The molecule has 12 rings (SSSR count). The molecule has 2 aromatic heterocycles. The molecule has 0 radical (unpaired) electrons. The van der Waals surface area contributed by atoms with Gasteiger partial charge in [-0.05, 0) is 114 Å². The van der Waals surface area contributed by atoms with Crippen LogP contribution in [-0.2, 0) is 0 Å². The van der Waals surface area contributed by atoms with Gasteiger partial charge in [0, 0.05) is 72.4 Å². The Morgan fingerprint density at radius 1 is 0.350 bits per heavy atom. The molecule has 4 nitrogen and oxygen atoms in total. The second kappa shape index (κ2) is 13.7. The van der Waals surface area contributed by atoms with E-state index < -0.39 is 0 Å². The third-order valence-electron chi connectivity index (χ3n) is 12.4. The van der Waals surface area contributed by atoms with Crippen LogP contribution in [0.15, 0.2) is 218 Å². The fourth-order valence-electron chi connectivity index (χ4n) is 9.94. The Labute approximate surface area is 349 Å². The molecule has 5 heteroatoms. The van der Waals surface area contributed by atoms with Crippen molar-refractivity contribution in [2.75, 3.05) is 9.80 Å². The largest absolute Gasteiger partial charge is 0.376 e. The zero-order chi connectivity index (χ0) is 39.7. The lowest BCUT2D eigenvalue weighted by Gasteiger charge is -2.31. The molecule has 9 aromatic carbocycles. The van der Waals surface area contributed by atoms with Gasteiger partial charge in [-0.15, -0.1) is 0 Å². The molecular formula is C55H39BN4. The first kappa shape index (κ1) is 34.3. The maximum atomic E-state index is 2.63. The van der Waals surface area contributed by atoms with Gasteiger partial charge in [-0.25, -0.2) is 0 Å². The van der Waals surface area contributed by atoms with Crippen LogP contribution in [0.3, 0.4) is 0 Å². The van der Waals surface area contributed by atoms with Crippen molar-refractivity contribution >= 4 is 95.5 Å². The molecule has 60 heavy (non-hydrogen) atoms. The van der Waals surface area contributed by atoms with E-state index >= 15 is 0 Å². The number of hydrogen-bond acceptors (Lipinski definition) is 2. The number of aryl methyl sites for hydroxylation is 1. The number of anilines is 6. The molecule has 0 aliphatic carbocycles. The molecule has 0 atom stereocenters. The van der Waals surface area contributed by atoms with Crippen molar-refractivity contribution in [1.82, 2.24) is 9.05 Å². The van der Waals surface area contributed by atoms with E-state index in [0.29, 0.717) is 0 Å². The molecule has 0 unspecified atom stereocenters. The molecule has 11 aromatic rings. The SMILES string of the molecule is Cc1cccc2c3ccccc3n(B3c4ccccc4-n4c5ccc(N(c6ccccc6)c6ccccc6)cc5c5cc(N(c6ccccc6)c6ccccc6)cc3c54)c12. The minimum atomic E-state index is -0.109. The van der Waals surface area contributed by atoms with Crippen LogP contribution in [0, 0.1) is 6.92 Å². The highest BCUT2D eigenvalue weighted by Gasteiger charge is 2.37. The van der Waals surface area contributed by atoms with Crippen molar-refractivity contribution in [1.29, 1.82) is 0 Å². The van der Waals surface area contributed by atoms with Crippen LogP contribution in [0.5, 0.6) is 0 Å². The van der Waals surface area contributed by atoms with Gasteiger partial charge in [0.25, 0.3) is 0 Å². The zero-order valence-corrected chi connectivity index (χ0v) is 33.2. The summed E-state index contributed by atoms with van der Waals surface area (Å²) in [4.78, 5) is 4.78. The molecule has 0 fully saturated rings. The molecule has 0 saturated carbocycles. The molecule has 0 N–H and O–H groups in total. The maximum Gasteiger partial charge on any atom is 0.332 e. The van der Waals surface area contributed by atoms with E-state index in [9.17, 15) is 0 Å². The summed E-state index contributed by atoms with van der Waals surface area (Å²) in [5.41, 5.74) is 16.6. The standard InChI is InChI=1S/C55H39BN4/c1-38-19-18-29-46-45-28-14-16-31-52(45)60(54(38)46)56-49-30-15-17-32-53(49)59-51-34-33-43(57(39-20-6-2-7-21-39)40-22-8-3-9-23-40)35-47(51)48-36-44(37-50(56)55(48)59)58(41-24-10-4-11-25-41)42-26-12-5-13-27-42/h2-37H,1H3. The Morgan fingerprint density at radius 3 is 1.53 bits per heavy atom. The fraction of sp³-hybridized carbons (Fsp3) is 0.0182. The third-order valence-corrected chi connectivity index (χ3v) is 12.4. The van der Waals surface area contributed by atoms with Crippen molar-refractivity contribution in [2.45, 2.75) is 6.92 Å². The van der Waals surface area contributed by atoms with Crippen molar-refractivity contribution in [3.63, 3.8) is 0 Å². The van der Waals surface area contributed by atoms with Crippen LogP contribution >= 0.6 is 0 Å². The van der Waals surface area contributed by atoms with Crippen molar-refractivity contribution in [3.05, 3.63) is 224 Å². The molecular weight excluding hydrogens is 727 g/mol. The smallest absolute Gasteiger partial charge is 0.332 e. The highest BCUT2D eigenvalue weighted by Crippen LogP contribution is 2.44. The van der Waals surface area contributed by atoms with Gasteiger partial charge in [-0.1, -0.05) is 127 Å². The van der Waals surface area contributed by atoms with Gasteiger partial charge in [-0.3, -0.25) is 0 Å². The highest BCUT2D eigenvalue weighted by atomic mass is 15.2. The molecule has 0 spiro atoms. The number of hydrogen-bond donors (Lipinski definition) is 0. The number of para-hydroxylation sites is 7. The summed E-state index contributed by atoms with van der Waals surface area (Å²) in [6.45, 7) is 2.15. The number of nitrogens with zero attached hydrogens (tertiary/aromatic N) is 4. The predicted octanol–water partition coefficient (Wildman–Crippen LogP) is 13.1. The first-order valence-electron chi connectivity index (χ1n) is 20.7. The summed E-state index contributed by atoms with van der Waals surface area (Å²) < 4.78 is 5.16. The average Bonchev–Trinajstić information content (AvgIpc) is 3.82. The summed E-state index contributed by atoms with van der Waals surface area (Å²) in [5, 5.41) is 4.98. The van der Waals surface area contributed by atoms with Crippen LogP contribution in [0.2, 0.25) is 0 Å². The van der Waals surface area contributed by atoms with Crippen LogP contribution in [0.1, 0.15) is 5.56 Å². The lowest BCUT2D eigenvalue weighted by Crippen LogP contribution is -2.53. The highest BCUT2D eigenvalue weighted by molar-refractivity contribution is 6.88. The summed E-state index contributed by atoms with van der Waals surface area (Å²) >= 11 is 0. The number of rotatable bonds is 7. The third kappa shape index (κ3) is 5.19. The van der Waals surface area contributed by atoms with Gasteiger partial charge in [0.1, 0.15) is 0 Å². The Balaban J connectivity index is 1.23. The summed E-state index contributed by atoms with van der Waals surface area (Å²) in [7, 11) is 0. The van der Waals surface area contributed by atoms with Crippen molar-refractivity contribution in [3.8, 4) is 5.69 Å². The van der Waals surface area contributed by atoms with Crippen LogP contribution in [0.25, 0.3) is 49.3 Å². The van der Waals surface area contributed by atoms with E-state index in [0.717, 1.165) is 34.1 Å². The quantitative estimate of drug-likeness (QED) is 0.150. The Hall–Kier alpha value is -7.76. The summed E-state index contributed by atoms with van der Waals surface area (Å²) in [6, 6.07) is 79.6. The normalized spacial score (nSPS) is 12.1. The van der Waals surface area contributed by atoms with E-state index in [1.165, 1.54) is 65.8 Å². The Bertz CT molecular complexity index is 3310. The van der Waals surface area contributed by atoms with Gasteiger partial charge in [0.15, 0.2) is 0 Å². The number of aromatic nitrogens is 2. The van der Waals surface area contributed by atoms with Crippen molar-refractivity contribution in [2.24, 2.45) is 0 Å². The zero-order valence-electron chi connectivity index (χ0n) is 33.2. The molecule has 0 saturated heterocycles. The monoisotopic (exact) mass is 766 g/mol. The predicted molar refractivity (Wildman–Crippen MR) is 255 cm³/mol. The van der Waals surface area contributed by atoms with E-state index in [1.54, 1.807) is 0 Å². The lowest BCUT2D eigenvalue weighted by atomic mass is 9.48. The van der Waals surface area contributed by atoms with Gasteiger partial charge in [-0.2, -0.15) is 0 Å². The number of fused-ring (bicyclic) bond motifs is 8. The molecule has 1 aliphatic rings. The second-order valence-electron chi connectivity index (χ2n) is 15.8. The van der Waals surface area contributed by atoms with E-state index in [-0.39, 0.29) is 6.85 Å². The number of benzene rings is 9. The van der Waals surface area contributed by atoms with E-state index in [1.807, 2.05) is 0 Å². The molecule has 1 aliphatic heterocycles. The first-order chi connectivity index (χ1) is 29.7. The van der Waals surface area contributed by atoms with Crippen molar-refractivity contribution < 1.29 is 0 Å². The second-order valence-corrected chi connectivity index (χ2v) is 15.8. The van der Waals surface area contributed by atoms with Gasteiger partial charge in [0.2, 0.25) is 0 Å². The lowest BCUT2D eigenvalue weighted by molar-refractivity contribution is 1.17. The van der Waals surface area contributed by atoms with Gasteiger partial charge in [0.05, 0.1) is 11.0 Å². The summed E-state index contributed by atoms with van der Waals surface area (Å²) in [6.07, 6.45) is 0. The Morgan fingerprint density at radius 2 is 0.883 bits per heavy atom. The van der Waals surface area contributed by atoms with Crippen LogP contribution in [-0.4, -0.2) is 15.9 Å². The van der Waals surface area contributed by atoms with Crippen LogP contribution in [0.4, 0.5) is 34.1 Å². The minimum Gasteiger partial charge on any atom is -0.376 e. The maximum absolute atomic E-state index is 2.63. The molecule has 0 bridgehead atoms. The summed E-state index contributed by atoms with van der Waals surface area (Å²) in [5.74, 6) is 0. The minimum absolute atomic E-state index is 0.109. The first-order valence-corrected chi connectivity index (χ1v) is 20.7. The molecule has 282 valence electrons. The molecule has 3 heterocycles.